The third kappa shape index (κ3) is 4.99. The Labute approximate surface area is 176 Å². The number of hydrogen-bond acceptors (Lipinski definition) is 5. The molecule has 156 valence electrons. The molecule has 1 aromatic heterocycles. The Balaban J connectivity index is 2.52. The lowest BCUT2D eigenvalue weighted by atomic mass is 10.1. The van der Waals surface area contributed by atoms with E-state index < -0.39 is 16.6 Å². The molecule has 7 heteroatoms. The first kappa shape index (κ1) is 23.0. The lowest BCUT2D eigenvalue weighted by molar-refractivity contribution is 0.441. The normalized spacial score (nSPS) is 13.5. The summed E-state index contributed by atoms with van der Waals surface area (Å²) < 4.78 is 13.4. The number of benzene rings is 1. The second kappa shape index (κ2) is 7.50. The first-order valence-corrected chi connectivity index (χ1v) is 16.5. The molecule has 0 spiro atoms. The number of thiazole rings is 1. The lowest BCUT2D eigenvalue weighted by Crippen LogP contribution is -2.45. The number of nitrogen functional groups attached to an aromatic ring is 1. The molecule has 28 heavy (non-hydrogen) atoms. The van der Waals surface area contributed by atoms with Crippen LogP contribution in [0.1, 0.15) is 41.5 Å². The summed E-state index contributed by atoms with van der Waals surface area (Å²) in [7, 11) is -4.01. The highest BCUT2D eigenvalue weighted by molar-refractivity contribution is 7.13. The van der Waals surface area contributed by atoms with E-state index in [1.165, 1.54) is 11.3 Å². The largest absolute Gasteiger partial charge is 0.541 e. The summed E-state index contributed by atoms with van der Waals surface area (Å²) >= 11 is 1.45. The smallest absolute Gasteiger partial charge is 0.250 e. The molecule has 0 fully saturated rings. The molecule has 4 nitrogen and oxygen atoms in total. The van der Waals surface area contributed by atoms with E-state index in [1.807, 2.05) is 11.4 Å². The van der Waals surface area contributed by atoms with E-state index in [0.717, 1.165) is 22.8 Å². The van der Waals surface area contributed by atoms with Gasteiger partial charge in [-0.3, -0.25) is 0 Å². The van der Waals surface area contributed by atoms with Crippen LogP contribution in [-0.2, 0) is 0 Å². The molecule has 0 aliphatic rings. The van der Waals surface area contributed by atoms with Crippen LogP contribution < -0.4 is 14.6 Å². The van der Waals surface area contributed by atoms with Crippen molar-refractivity contribution in [1.29, 1.82) is 0 Å². The summed E-state index contributed by atoms with van der Waals surface area (Å²) in [5.74, 6) is 1.66. The van der Waals surface area contributed by atoms with Gasteiger partial charge in [-0.25, -0.2) is 4.98 Å². The van der Waals surface area contributed by atoms with Crippen molar-refractivity contribution in [3.05, 3.63) is 23.6 Å². The number of nitrogens with zero attached hydrogens (tertiary/aromatic N) is 1. The maximum Gasteiger partial charge on any atom is 0.250 e. The Kier molecular flexibility index (Phi) is 6.15. The first-order chi connectivity index (χ1) is 12.5. The van der Waals surface area contributed by atoms with Crippen LogP contribution in [0.4, 0.5) is 5.13 Å². The maximum absolute atomic E-state index is 6.71. The van der Waals surface area contributed by atoms with Gasteiger partial charge in [-0.05, 0) is 54.5 Å². The van der Waals surface area contributed by atoms with E-state index in [9.17, 15) is 0 Å². The van der Waals surface area contributed by atoms with E-state index >= 15 is 0 Å². The molecule has 2 N–H and O–H groups in total. The van der Waals surface area contributed by atoms with Crippen LogP contribution in [-0.4, -0.2) is 21.6 Å². The van der Waals surface area contributed by atoms with Crippen LogP contribution in [0.15, 0.2) is 23.6 Å². The molecular formula is C21H36N2O2SSi2. The van der Waals surface area contributed by atoms with Crippen LogP contribution in [0.5, 0.6) is 11.5 Å². The summed E-state index contributed by atoms with van der Waals surface area (Å²) in [6.45, 7) is 22.5. The molecule has 2 aromatic rings. The van der Waals surface area contributed by atoms with E-state index in [4.69, 9.17) is 14.6 Å². The van der Waals surface area contributed by atoms with Crippen molar-refractivity contribution in [3.63, 3.8) is 0 Å². The third-order valence-corrected chi connectivity index (χ3v) is 15.5. The molecule has 0 aliphatic carbocycles. The fourth-order valence-electron chi connectivity index (χ4n) is 2.11. The summed E-state index contributed by atoms with van der Waals surface area (Å²) in [5.41, 5.74) is 7.72. The fraction of sp³-hybridized carbons (Fsp3) is 0.571. The zero-order valence-electron chi connectivity index (χ0n) is 19.1. The average molecular weight is 437 g/mol. The second-order valence-corrected chi connectivity index (χ2v) is 20.8. The number of hydrogen-bond donors (Lipinski definition) is 1. The van der Waals surface area contributed by atoms with Crippen molar-refractivity contribution in [2.75, 3.05) is 5.73 Å². The summed E-state index contributed by atoms with van der Waals surface area (Å²) in [4.78, 5) is 4.43. The number of anilines is 1. The predicted molar refractivity (Wildman–Crippen MR) is 128 cm³/mol. The SMILES string of the molecule is CC(C)(C)[Si](C)(C)Oc1ccc(-c2csc(N)n2)cc1O[Si](C)(C)C(C)(C)C. The van der Waals surface area contributed by atoms with Crippen molar-refractivity contribution in [1.82, 2.24) is 4.98 Å². The quantitative estimate of drug-likeness (QED) is 0.505. The van der Waals surface area contributed by atoms with Gasteiger partial charge in [0.15, 0.2) is 5.13 Å². The third-order valence-electron chi connectivity index (χ3n) is 6.10. The molecule has 0 aliphatic heterocycles. The molecule has 0 radical (unpaired) electrons. The zero-order chi connectivity index (χ0) is 21.5. The summed E-state index contributed by atoms with van der Waals surface area (Å²) in [6, 6.07) is 6.15. The van der Waals surface area contributed by atoms with E-state index in [2.05, 4.69) is 84.8 Å². The minimum absolute atomic E-state index is 0.0995. The van der Waals surface area contributed by atoms with Gasteiger partial charge in [0.1, 0.15) is 11.5 Å². The molecule has 1 aromatic carbocycles. The van der Waals surface area contributed by atoms with Crippen molar-refractivity contribution < 1.29 is 8.85 Å². The summed E-state index contributed by atoms with van der Waals surface area (Å²) in [6.07, 6.45) is 0. The molecule has 1 heterocycles. The van der Waals surface area contributed by atoms with Gasteiger partial charge in [-0.1, -0.05) is 41.5 Å². The predicted octanol–water partition coefficient (Wildman–Crippen LogP) is 7.16. The molecule has 2 rings (SSSR count). The molecule has 0 atom stereocenters. The molecule has 0 amide bonds. The van der Waals surface area contributed by atoms with Crippen molar-refractivity contribution in [2.45, 2.75) is 77.8 Å². The minimum atomic E-state index is -2.02. The minimum Gasteiger partial charge on any atom is -0.541 e. The van der Waals surface area contributed by atoms with Crippen LogP contribution in [0.25, 0.3) is 11.3 Å². The highest BCUT2D eigenvalue weighted by Gasteiger charge is 2.42. The van der Waals surface area contributed by atoms with E-state index in [1.54, 1.807) is 0 Å². The van der Waals surface area contributed by atoms with Gasteiger partial charge in [0.2, 0.25) is 0 Å². The molecule has 0 saturated carbocycles. The second-order valence-electron chi connectivity index (χ2n) is 10.5. The number of rotatable bonds is 5. The zero-order valence-corrected chi connectivity index (χ0v) is 21.9. The van der Waals surface area contributed by atoms with Crippen molar-refractivity contribution in [3.8, 4) is 22.8 Å². The standard InChI is InChI=1S/C21H36N2O2SSi2/c1-20(2,3)27(7,8)24-17-12-11-15(16-14-26-19(22)23-16)13-18(17)25-28(9,10)21(4,5)6/h11-14H,1-10H3,(H2,22,23). The number of aromatic nitrogens is 1. The monoisotopic (exact) mass is 436 g/mol. The topological polar surface area (TPSA) is 57.4 Å². The van der Waals surface area contributed by atoms with Gasteiger partial charge in [-0.15, -0.1) is 11.3 Å². The van der Waals surface area contributed by atoms with Gasteiger partial charge < -0.3 is 14.6 Å². The van der Waals surface area contributed by atoms with Gasteiger partial charge >= 0.3 is 0 Å². The average Bonchev–Trinajstić information content (AvgIpc) is 2.92. The van der Waals surface area contributed by atoms with Gasteiger partial charge in [0, 0.05) is 10.9 Å². The van der Waals surface area contributed by atoms with Gasteiger partial charge in [0.25, 0.3) is 16.6 Å². The van der Waals surface area contributed by atoms with Crippen molar-refractivity contribution in [2.24, 2.45) is 0 Å². The Morgan fingerprint density at radius 1 is 0.857 bits per heavy atom. The van der Waals surface area contributed by atoms with Crippen LogP contribution >= 0.6 is 11.3 Å². The van der Waals surface area contributed by atoms with Gasteiger partial charge in [0.05, 0.1) is 5.69 Å². The van der Waals surface area contributed by atoms with E-state index in [-0.39, 0.29) is 10.1 Å². The Morgan fingerprint density at radius 2 is 1.36 bits per heavy atom. The van der Waals surface area contributed by atoms with Crippen LogP contribution in [0, 0.1) is 0 Å². The Hall–Kier alpha value is -1.32. The fourth-order valence-corrected chi connectivity index (χ4v) is 4.72. The number of nitrogens with two attached hydrogens (primary N) is 1. The van der Waals surface area contributed by atoms with Crippen LogP contribution in [0.2, 0.25) is 36.3 Å². The van der Waals surface area contributed by atoms with Crippen molar-refractivity contribution >= 4 is 33.1 Å². The Bertz CT molecular complexity index is 834. The lowest BCUT2D eigenvalue weighted by Gasteiger charge is -2.39. The summed E-state index contributed by atoms with van der Waals surface area (Å²) in [5, 5.41) is 2.77. The van der Waals surface area contributed by atoms with E-state index in [0.29, 0.717) is 5.13 Å². The first-order valence-electron chi connectivity index (χ1n) is 9.77. The van der Waals surface area contributed by atoms with Gasteiger partial charge in [-0.2, -0.15) is 0 Å². The molecule has 0 unspecified atom stereocenters. The Morgan fingerprint density at radius 3 is 1.79 bits per heavy atom. The molecule has 0 saturated heterocycles. The van der Waals surface area contributed by atoms with Crippen LogP contribution in [0.3, 0.4) is 0 Å². The highest BCUT2D eigenvalue weighted by Crippen LogP contribution is 2.44. The maximum atomic E-state index is 6.71. The molecular weight excluding hydrogens is 400 g/mol. The highest BCUT2D eigenvalue weighted by atomic mass is 32.1. The molecule has 0 bridgehead atoms.